The predicted molar refractivity (Wildman–Crippen MR) is 53.9 cm³/mol. The normalized spacial score (nSPS) is 10.6. The third kappa shape index (κ3) is 3.58. The van der Waals surface area contributed by atoms with Gasteiger partial charge >= 0.3 is 29.6 Å². The average Bonchev–Trinajstić information content (AvgIpc) is 2.05. The first-order chi connectivity index (χ1) is 5.56. The molecule has 0 aliphatic heterocycles. The SMILES string of the molecule is Cc1ccc(S(=O)(=O)[N-]Cl)cc1.[HH].[HH].[HH].[Na+]. The van der Waals surface area contributed by atoms with E-state index >= 15 is 0 Å². The monoisotopic (exact) mass is 233 g/mol. The van der Waals surface area contributed by atoms with Crippen LogP contribution in [-0.2, 0) is 10.0 Å². The summed E-state index contributed by atoms with van der Waals surface area (Å²) in [5, 5.41) is 0. The van der Waals surface area contributed by atoms with E-state index in [1.54, 1.807) is 12.1 Å². The van der Waals surface area contributed by atoms with Crippen LogP contribution in [0.4, 0.5) is 0 Å². The average molecular weight is 234 g/mol. The molecule has 3 nitrogen and oxygen atoms in total. The van der Waals surface area contributed by atoms with Gasteiger partial charge in [-0.15, -0.1) is 0 Å². The third-order valence-corrected chi connectivity index (χ3v) is 3.00. The van der Waals surface area contributed by atoms with Gasteiger partial charge < -0.3 is 4.24 Å². The Bertz CT molecular complexity index is 374. The van der Waals surface area contributed by atoms with E-state index in [1.165, 1.54) is 12.1 Å². The summed E-state index contributed by atoms with van der Waals surface area (Å²) in [5.74, 6) is 0. The fraction of sp³-hybridized carbons (Fsp3) is 0.143. The second-order valence-corrected chi connectivity index (χ2v) is 4.33. The zero-order valence-corrected chi connectivity index (χ0v) is 10.9. The number of benzene rings is 1. The van der Waals surface area contributed by atoms with E-state index in [4.69, 9.17) is 11.8 Å². The summed E-state index contributed by atoms with van der Waals surface area (Å²) in [6.07, 6.45) is 0. The summed E-state index contributed by atoms with van der Waals surface area (Å²) in [6.45, 7) is 1.87. The van der Waals surface area contributed by atoms with Crippen molar-refractivity contribution >= 4 is 21.8 Å². The standard InChI is InChI=1S/C7H7ClNO2S.Na.3H2/c1-6-2-4-7(5-3-6)12(10,11)9-8;;;;/h2-5H,1H3;;3*1H/q-1;+1;;;. The molecule has 1 aromatic rings. The van der Waals surface area contributed by atoms with Crippen molar-refractivity contribution in [2.45, 2.75) is 11.8 Å². The minimum atomic E-state index is -3.62. The minimum Gasteiger partial charge on any atom is -0.458 e. The van der Waals surface area contributed by atoms with Crippen LogP contribution < -0.4 is 29.6 Å². The van der Waals surface area contributed by atoms with Gasteiger partial charge in [0.15, 0.2) is 0 Å². The summed E-state index contributed by atoms with van der Waals surface area (Å²) in [5.41, 5.74) is 0.989. The Labute approximate surface area is 109 Å². The molecule has 72 valence electrons. The summed E-state index contributed by atoms with van der Waals surface area (Å²) in [4.78, 5) is 0.114. The van der Waals surface area contributed by atoms with Crippen LogP contribution in [-0.4, -0.2) is 8.42 Å². The Balaban J connectivity index is -0.000000180. The van der Waals surface area contributed by atoms with E-state index in [9.17, 15) is 8.42 Å². The molecule has 1 rings (SSSR count). The zero-order valence-electron chi connectivity index (χ0n) is 7.36. The molecule has 13 heavy (non-hydrogen) atoms. The van der Waals surface area contributed by atoms with Gasteiger partial charge in [0.1, 0.15) is 10.0 Å². The Kier molecular flexibility index (Phi) is 5.51. The molecular weight excluding hydrogens is 221 g/mol. The molecule has 0 aliphatic rings. The molecule has 0 radical (unpaired) electrons. The molecule has 0 amide bonds. The largest absolute Gasteiger partial charge is 1.00 e. The molecule has 0 saturated heterocycles. The van der Waals surface area contributed by atoms with E-state index in [-0.39, 0.29) is 38.7 Å². The first-order valence-corrected chi connectivity index (χ1v) is 4.99. The van der Waals surface area contributed by atoms with Crippen molar-refractivity contribution in [1.29, 1.82) is 0 Å². The van der Waals surface area contributed by atoms with Crippen molar-refractivity contribution in [2.75, 3.05) is 0 Å². The molecule has 0 heterocycles. The molecule has 1 aromatic carbocycles. The van der Waals surface area contributed by atoms with Crippen molar-refractivity contribution in [3.05, 3.63) is 34.1 Å². The van der Waals surface area contributed by atoms with Crippen LogP contribution in [0.1, 0.15) is 9.84 Å². The first kappa shape index (κ1) is 13.4. The number of rotatable bonds is 2. The van der Waals surface area contributed by atoms with E-state index in [0.717, 1.165) is 5.56 Å². The molecule has 0 fully saturated rings. The number of halogens is 1. The van der Waals surface area contributed by atoms with Gasteiger partial charge in [-0.25, -0.2) is 8.42 Å². The second kappa shape index (κ2) is 5.34. The second-order valence-electron chi connectivity index (χ2n) is 2.36. The van der Waals surface area contributed by atoms with E-state index in [2.05, 4.69) is 4.24 Å². The van der Waals surface area contributed by atoms with E-state index in [0.29, 0.717) is 0 Å². The van der Waals surface area contributed by atoms with Gasteiger partial charge in [-0.05, 0) is 19.1 Å². The van der Waals surface area contributed by atoms with Crippen LogP contribution in [0.25, 0.3) is 4.24 Å². The molecule has 0 N–H and O–H groups in total. The van der Waals surface area contributed by atoms with Crippen LogP contribution in [0, 0.1) is 6.92 Å². The molecular formula is C7H13ClNNaO2S. The molecule has 0 atom stereocenters. The third-order valence-electron chi connectivity index (χ3n) is 1.41. The topological polar surface area (TPSA) is 48.2 Å². The Hall–Kier alpha value is 0.420. The number of aryl methyl sites for hydroxylation is 1. The van der Waals surface area contributed by atoms with Gasteiger partial charge in [0, 0.05) is 9.18 Å². The van der Waals surface area contributed by atoms with E-state index < -0.39 is 10.0 Å². The smallest absolute Gasteiger partial charge is 0.458 e. The zero-order chi connectivity index (χ0) is 9.19. The Morgan fingerprint density at radius 1 is 1.31 bits per heavy atom. The maximum absolute atomic E-state index is 11.0. The number of nitrogens with zero attached hydrogens (tertiary/aromatic N) is 1. The quantitative estimate of drug-likeness (QED) is 0.673. The van der Waals surface area contributed by atoms with Crippen molar-refractivity contribution in [2.24, 2.45) is 0 Å². The van der Waals surface area contributed by atoms with E-state index in [1.807, 2.05) is 6.92 Å². The van der Waals surface area contributed by atoms with Gasteiger partial charge in [0.05, 0.1) is 0 Å². The minimum absolute atomic E-state index is 0. The molecule has 0 bridgehead atoms. The van der Waals surface area contributed by atoms with Crippen LogP contribution >= 0.6 is 11.8 Å². The molecule has 0 unspecified atom stereocenters. The Morgan fingerprint density at radius 3 is 2.15 bits per heavy atom. The maximum Gasteiger partial charge on any atom is 1.00 e. The van der Waals surface area contributed by atoms with Crippen molar-refractivity contribution < 1.29 is 42.3 Å². The summed E-state index contributed by atoms with van der Waals surface area (Å²) in [7, 11) is -3.62. The maximum atomic E-state index is 11.0. The Morgan fingerprint density at radius 2 is 1.77 bits per heavy atom. The summed E-state index contributed by atoms with van der Waals surface area (Å²) >= 11 is 4.90. The molecule has 0 aliphatic carbocycles. The van der Waals surface area contributed by atoms with Gasteiger partial charge in [-0.2, -0.15) is 0 Å². The van der Waals surface area contributed by atoms with Gasteiger partial charge in [0.25, 0.3) is 0 Å². The molecule has 0 saturated carbocycles. The van der Waals surface area contributed by atoms with Crippen molar-refractivity contribution in [3.63, 3.8) is 0 Å². The number of sulfonamides is 1. The molecule has 0 spiro atoms. The van der Waals surface area contributed by atoms with Crippen molar-refractivity contribution in [1.82, 2.24) is 0 Å². The number of hydrogen-bond donors (Lipinski definition) is 0. The van der Waals surface area contributed by atoms with Crippen LogP contribution in [0.2, 0.25) is 0 Å². The fourth-order valence-corrected chi connectivity index (χ4v) is 1.55. The van der Waals surface area contributed by atoms with Gasteiger partial charge in [0.2, 0.25) is 0 Å². The van der Waals surface area contributed by atoms with Crippen LogP contribution in [0.5, 0.6) is 0 Å². The van der Waals surface area contributed by atoms with Gasteiger partial charge in [-0.3, -0.25) is 11.8 Å². The molecule has 0 aromatic heterocycles. The molecule has 6 heteroatoms. The van der Waals surface area contributed by atoms with Gasteiger partial charge in [-0.1, -0.05) is 17.7 Å². The summed E-state index contributed by atoms with van der Waals surface area (Å²) < 4.78 is 24.8. The predicted octanol–water partition coefficient (Wildman–Crippen LogP) is -0.0468. The first-order valence-electron chi connectivity index (χ1n) is 3.21. The summed E-state index contributed by atoms with van der Waals surface area (Å²) in [6, 6.07) is 6.32. The van der Waals surface area contributed by atoms with Crippen LogP contribution in [0.3, 0.4) is 0 Å². The fourth-order valence-electron chi connectivity index (χ4n) is 0.750. The van der Waals surface area contributed by atoms with Crippen LogP contribution in [0.15, 0.2) is 29.2 Å². The number of hydrogen-bond acceptors (Lipinski definition) is 2. The van der Waals surface area contributed by atoms with Crippen molar-refractivity contribution in [3.8, 4) is 0 Å².